The Labute approximate surface area is 85.6 Å². The molecule has 0 amide bonds. The van der Waals surface area contributed by atoms with Crippen molar-refractivity contribution in [2.45, 2.75) is 0 Å². The predicted octanol–water partition coefficient (Wildman–Crippen LogP) is 2.28. The Kier molecular flexibility index (Phi) is 1.71. The van der Waals surface area contributed by atoms with E-state index in [1.165, 1.54) is 0 Å². The topological polar surface area (TPSA) is 51.8 Å². The van der Waals surface area contributed by atoms with Gasteiger partial charge in [-0.25, -0.2) is 4.98 Å². The molecule has 15 heavy (non-hydrogen) atoms. The maximum atomic E-state index is 5.54. The van der Waals surface area contributed by atoms with Gasteiger partial charge in [-0.1, -0.05) is 0 Å². The van der Waals surface area contributed by atoms with Gasteiger partial charge in [0.2, 0.25) is 5.89 Å². The minimum absolute atomic E-state index is 0.553. The first-order valence-corrected chi connectivity index (χ1v) is 4.55. The molecule has 0 spiro atoms. The highest BCUT2D eigenvalue weighted by Crippen LogP contribution is 2.21. The zero-order valence-corrected chi connectivity index (χ0v) is 7.79. The van der Waals surface area contributed by atoms with Crippen LogP contribution in [-0.4, -0.2) is 15.0 Å². The van der Waals surface area contributed by atoms with E-state index in [0.29, 0.717) is 17.1 Å². The lowest BCUT2D eigenvalue weighted by atomic mass is 10.3. The Morgan fingerprint density at radius 2 is 2.00 bits per heavy atom. The summed E-state index contributed by atoms with van der Waals surface area (Å²) in [6.45, 7) is 0. The second-order valence-electron chi connectivity index (χ2n) is 3.09. The number of aromatic nitrogens is 3. The number of hydrogen-bond donors (Lipinski definition) is 0. The molecule has 0 unspecified atom stereocenters. The molecule has 3 aromatic rings. The Morgan fingerprint density at radius 3 is 2.80 bits per heavy atom. The van der Waals surface area contributed by atoms with Crippen LogP contribution in [0.5, 0.6) is 0 Å². The zero-order chi connectivity index (χ0) is 10.1. The number of hydrogen-bond acceptors (Lipinski definition) is 4. The van der Waals surface area contributed by atoms with Gasteiger partial charge in [0.1, 0.15) is 0 Å². The number of oxazole rings is 1. The van der Waals surface area contributed by atoms with Crippen LogP contribution in [0.2, 0.25) is 0 Å². The molecule has 0 atom stereocenters. The molecule has 0 saturated carbocycles. The second-order valence-corrected chi connectivity index (χ2v) is 3.09. The third kappa shape index (κ3) is 1.36. The molecule has 3 aromatic heterocycles. The predicted molar refractivity (Wildman–Crippen MR) is 55.0 cm³/mol. The standard InChI is InChI=1S/C11H7N3O/c1-3-8(7-12-5-1)11-14-10-9(15-11)4-2-6-13-10/h1-7H. The maximum Gasteiger partial charge on any atom is 0.230 e. The first-order valence-electron chi connectivity index (χ1n) is 4.55. The molecule has 0 radical (unpaired) electrons. The van der Waals surface area contributed by atoms with Crippen molar-refractivity contribution in [3.63, 3.8) is 0 Å². The molecule has 0 fully saturated rings. The van der Waals surface area contributed by atoms with Crippen LogP contribution in [-0.2, 0) is 0 Å². The molecule has 4 nitrogen and oxygen atoms in total. The molecule has 3 rings (SSSR count). The maximum absolute atomic E-state index is 5.54. The van der Waals surface area contributed by atoms with Crippen molar-refractivity contribution in [2.24, 2.45) is 0 Å². The average Bonchev–Trinajstić information content (AvgIpc) is 2.74. The highest BCUT2D eigenvalue weighted by atomic mass is 16.3. The minimum atomic E-state index is 0.553. The zero-order valence-electron chi connectivity index (χ0n) is 7.79. The summed E-state index contributed by atoms with van der Waals surface area (Å²) < 4.78 is 5.54. The summed E-state index contributed by atoms with van der Waals surface area (Å²) in [5, 5.41) is 0. The first kappa shape index (κ1) is 8.11. The van der Waals surface area contributed by atoms with Crippen LogP contribution in [0.1, 0.15) is 0 Å². The summed E-state index contributed by atoms with van der Waals surface area (Å²) in [6, 6.07) is 7.41. The Balaban J connectivity index is 2.21. The average molecular weight is 197 g/mol. The van der Waals surface area contributed by atoms with Gasteiger partial charge in [-0.3, -0.25) is 4.98 Å². The molecule has 72 valence electrons. The van der Waals surface area contributed by atoms with Crippen LogP contribution in [0.4, 0.5) is 0 Å². The smallest absolute Gasteiger partial charge is 0.230 e. The summed E-state index contributed by atoms with van der Waals surface area (Å²) in [5.41, 5.74) is 2.17. The molecule has 4 heteroatoms. The third-order valence-electron chi connectivity index (χ3n) is 2.07. The van der Waals surface area contributed by atoms with Gasteiger partial charge in [0.25, 0.3) is 0 Å². The second kappa shape index (κ2) is 3.16. The highest BCUT2D eigenvalue weighted by Gasteiger charge is 2.07. The monoisotopic (exact) mass is 197 g/mol. The molecule has 0 aromatic carbocycles. The van der Waals surface area contributed by atoms with Crippen molar-refractivity contribution in [1.82, 2.24) is 15.0 Å². The van der Waals surface area contributed by atoms with Crippen LogP contribution in [0, 0.1) is 0 Å². The van der Waals surface area contributed by atoms with E-state index in [4.69, 9.17) is 4.42 Å². The molecular weight excluding hydrogens is 190 g/mol. The van der Waals surface area contributed by atoms with E-state index in [1.807, 2.05) is 24.3 Å². The van der Waals surface area contributed by atoms with Gasteiger partial charge in [-0.15, -0.1) is 0 Å². The lowest BCUT2D eigenvalue weighted by Gasteiger charge is -1.90. The van der Waals surface area contributed by atoms with Crippen molar-refractivity contribution in [3.05, 3.63) is 42.9 Å². The van der Waals surface area contributed by atoms with E-state index in [9.17, 15) is 0 Å². The van der Waals surface area contributed by atoms with Crippen LogP contribution in [0.25, 0.3) is 22.7 Å². The van der Waals surface area contributed by atoms with E-state index in [0.717, 1.165) is 5.56 Å². The van der Waals surface area contributed by atoms with Crippen molar-refractivity contribution >= 4 is 11.2 Å². The quantitative estimate of drug-likeness (QED) is 0.600. The van der Waals surface area contributed by atoms with Gasteiger partial charge >= 0.3 is 0 Å². The van der Waals surface area contributed by atoms with Gasteiger partial charge in [-0.2, -0.15) is 4.98 Å². The molecule has 0 aliphatic heterocycles. The Bertz CT molecular complexity index is 556. The fourth-order valence-corrected chi connectivity index (χ4v) is 1.38. The van der Waals surface area contributed by atoms with E-state index in [1.54, 1.807) is 18.6 Å². The van der Waals surface area contributed by atoms with Gasteiger partial charge < -0.3 is 4.42 Å². The summed E-state index contributed by atoms with van der Waals surface area (Å²) in [4.78, 5) is 12.4. The Morgan fingerprint density at radius 1 is 1.07 bits per heavy atom. The fourth-order valence-electron chi connectivity index (χ4n) is 1.38. The lowest BCUT2D eigenvalue weighted by molar-refractivity contribution is 0.619. The van der Waals surface area contributed by atoms with Gasteiger partial charge in [0.05, 0.1) is 5.56 Å². The normalized spacial score (nSPS) is 10.7. The molecular formula is C11H7N3O. The van der Waals surface area contributed by atoms with Crippen LogP contribution in [0.3, 0.4) is 0 Å². The first-order chi connectivity index (χ1) is 7.43. The molecule has 3 heterocycles. The van der Waals surface area contributed by atoms with Gasteiger partial charge in [-0.05, 0) is 24.3 Å². The van der Waals surface area contributed by atoms with Crippen molar-refractivity contribution < 1.29 is 4.42 Å². The largest absolute Gasteiger partial charge is 0.434 e. The molecule has 0 aliphatic carbocycles. The number of fused-ring (bicyclic) bond motifs is 1. The van der Waals surface area contributed by atoms with E-state index in [2.05, 4.69) is 15.0 Å². The third-order valence-corrected chi connectivity index (χ3v) is 2.07. The minimum Gasteiger partial charge on any atom is -0.434 e. The molecule has 0 N–H and O–H groups in total. The summed E-state index contributed by atoms with van der Waals surface area (Å²) in [5.74, 6) is 0.553. The molecule has 0 aliphatic rings. The van der Waals surface area contributed by atoms with Crippen molar-refractivity contribution in [2.75, 3.05) is 0 Å². The molecule has 0 saturated heterocycles. The molecule has 0 bridgehead atoms. The van der Waals surface area contributed by atoms with Gasteiger partial charge in [0, 0.05) is 18.6 Å². The van der Waals surface area contributed by atoms with Crippen molar-refractivity contribution in [3.8, 4) is 11.5 Å². The summed E-state index contributed by atoms with van der Waals surface area (Å²) >= 11 is 0. The number of rotatable bonds is 1. The summed E-state index contributed by atoms with van der Waals surface area (Å²) in [6.07, 6.45) is 5.12. The highest BCUT2D eigenvalue weighted by molar-refractivity contribution is 5.71. The van der Waals surface area contributed by atoms with E-state index < -0.39 is 0 Å². The van der Waals surface area contributed by atoms with Crippen LogP contribution in [0.15, 0.2) is 47.3 Å². The van der Waals surface area contributed by atoms with Crippen LogP contribution >= 0.6 is 0 Å². The summed E-state index contributed by atoms with van der Waals surface area (Å²) in [7, 11) is 0. The van der Waals surface area contributed by atoms with Crippen molar-refractivity contribution in [1.29, 1.82) is 0 Å². The lowest BCUT2D eigenvalue weighted by Crippen LogP contribution is -1.78. The van der Waals surface area contributed by atoms with Crippen LogP contribution < -0.4 is 0 Å². The Hall–Kier alpha value is -2.23. The number of nitrogens with zero attached hydrogens (tertiary/aromatic N) is 3. The van der Waals surface area contributed by atoms with Gasteiger partial charge in [0.15, 0.2) is 11.2 Å². The van der Waals surface area contributed by atoms with E-state index in [-0.39, 0.29) is 0 Å². The fraction of sp³-hybridized carbons (Fsp3) is 0. The number of pyridine rings is 2. The van der Waals surface area contributed by atoms with E-state index >= 15 is 0 Å². The SMILES string of the molecule is c1cncc(-c2nc3ncccc3o2)c1.